The van der Waals surface area contributed by atoms with Gasteiger partial charge in [-0.1, -0.05) is 25.4 Å². The number of halogens is 1. The van der Waals surface area contributed by atoms with Crippen molar-refractivity contribution < 1.29 is 14.6 Å². The van der Waals surface area contributed by atoms with Crippen molar-refractivity contribution in [1.82, 2.24) is 0 Å². The Morgan fingerprint density at radius 2 is 2.16 bits per heavy atom. The SMILES string of the molecule is CC(C)c1cc(OCc2ccc(Cl)s2)c(C(=O)O)s1. The lowest BCUT2D eigenvalue weighted by atomic mass is 10.2. The van der Waals surface area contributed by atoms with Crippen LogP contribution in [0.1, 0.15) is 39.2 Å². The molecule has 0 radical (unpaired) electrons. The standard InChI is InChI=1S/C13H13ClO3S2/c1-7(2)10-5-9(12(19-10)13(15)16)17-6-8-3-4-11(14)18-8/h3-5,7H,6H2,1-2H3,(H,15,16). The van der Waals surface area contributed by atoms with Crippen molar-refractivity contribution in [2.75, 3.05) is 0 Å². The molecule has 0 fully saturated rings. The van der Waals surface area contributed by atoms with Crippen molar-refractivity contribution in [3.05, 3.63) is 37.2 Å². The summed E-state index contributed by atoms with van der Waals surface area (Å²) >= 11 is 8.54. The maximum atomic E-state index is 11.2. The topological polar surface area (TPSA) is 46.5 Å². The van der Waals surface area contributed by atoms with Gasteiger partial charge in [0, 0.05) is 9.75 Å². The van der Waals surface area contributed by atoms with E-state index in [1.54, 1.807) is 6.07 Å². The summed E-state index contributed by atoms with van der Waals surface area (Å²) in [5, 5.41) is 9.17. The highest BCUT2D eigenvalue weighted by atomic mass is 35.5. The van der Waals surface area contributed by atoms with Gasteiger partial charge in [-0.25, -0.2) is 4.79 Å². The van der Waals surface area contributed by atoms with E-state index in [0.29, 0.717) is 16.7 Å². The summed E-state index contributed by atoms with van der Waals surface area (Å²) in [5.41, 5.74) is 0. The van der Waals surface area contributed by atoms with Crippen LogP contribution in [0.25, 0.3) is 0 Å². The molecule has 0 amide bonds. The number of carboxylic acid groups (broad SMARTS) is 1. The number of carbonyl (C=O) groups is 1. The fourth-order valence-corrected chi connectivity index (χ4v) is 3.46. The first-order valence-electron chi connectivity index (χ1n) is 5.71. The molecule has 19 heavy (non-hydrogen) atoms. The third-order valence-corrected chi connectivity index (χ3v) is 5.09. The van der Waals surface area contributed by atoms with E-state index in [1.165, 1.54) is 22.7 Å². The number of hydrogen-bond acceptors (Lipinski definition) is 4. The fraction of sp³-hybridized carbons (Fsp3) is 0.308. The van der Waals surface area contributed by atoms with E-state index in [4.69, 9.17) is 16.3 Å². The van der Waals surface area contributed by atoms with Crippen LogP contribution in [-0.4, -0.2) is 11.1 Å². The predicted octanol–water partition coefficient (Wildman–Crippen LogP) is 4.86. The molecule has 0 saturated carbocycles. The summed E-state index contributed by atoms with van der Waals surface area (Å²) < 4.78 is 6.31. The van der Waals surface area contributed by atoms with E-state index in [-0.39, 0.29) is 10.8 Å². The molecule has 6 heteroatoms. The summed E-state index contributed by atoms with van der Waals surface area (Å²) in [6, 6.07) is 5.49. The maximum absolute atomic E-state index is 11.2. The monoisotopic (exact) mass is 316 g/mol. The Morgan fingerprint density at radius 1 is 1.42 bits per heavy atom. The lowest BCUT2D eigenvalue weighted by Crippen LogP contribution is -1.98. The Hall–Kier alpha value is -1.04. The van der Waals surface area contributed by atoms with Crippen LogP contribution in [0.3, 0.4) is 0 Å². The van der Waals surface area contributed by atoms with Gasteiger partial charge < -0.3 is 9.84 Å². The normalized spacial score (nSPS) is 10.9. The van der Waals surface area contributed by atoms with E-state index >= 15 is 0 Å². The molecular weight excluding hydrogens is 304 g/mol. The number of ether oxygens (including phenoxy) is 1. The van der Waals surface area contributed by atoms with Crippen LogP contribution in [-0.2, 0) is 6.61 Å². The van der Waals surface area contributed by atoms with Crippen molar-refractivity contribution in [3.8, 4) is 5.75 Å². The Morgan fingerprint density at radius 3 is 2.68 bits per heavy atom. The second kappa shape index (κ2) is 5.94. The van der Waals surface area contributed by atoms with Gasteiger partial charge in [0.15, 0.2) is 4.88 Å². The van der Waals surface area contributed by atoms with Crippen LogP contribution in [0.4, 0.5) is 0 Å². The van der Waals surface area contributed by atoms with Crippen LogP contribution < -0.4 is 4.74 Å². The summed E-state index contributed by atoms with van der Waals surface area (Å²) in [6.45, 7) is 4.40. The van der Waals surface area contributed by atoms with E-state index in [2.05, 4.69) is 0 Å². The van der Waals surface area contributed by atoms with Gasteiger partial charge in [-0.2, -0.15) is 0 Å². The molecule has 0 unspecified atom stereocenters. The lowest BCUT2D eigenvalue weighted by Gasteiger charge is -2.03. The van der Waals surface area contributed by atoms with Crippen LogP contribution in [0, 0.1) is 0 Å². The number of rotatable bonds is 5. The third-order valence-electron chi connectivity index (χ3n) is 2.48. The van der Waals surface area contributed by atoms with Gasteiger partial charge in [0.25, 0.3) is 0 Å². The highest BCUT2D eigenvalue weighted by Gasteiger charge is 2.18. The zero-order valence-corrected chi connectivity index (χ0v) is 12.9. The van der Waals surface area contributed by atoms with Crippen LogP contribution in [0.5, 0.6) is 5.75 Å². The highest BCUT2D eigenvalue weighted by molar-refractivity contribution is 7.16. The molecule has 0 aliphatic carbocycles. The van der Waals surface area contributed by atoms with Crippen LogP contribution >= 0.6 is 34.3 Å². The third kappa shape index (κ3) is 3.49. The molecule has 0 aromatic carbocycles. The highest BCUT2D eigenvalue weighted by Crippen LogP contribution is 2.34. The van der Waals surface area contributed by atoms with E-state index in [1.807, 2.05) is 26.0 Å². The maximum Gasteiger partial charge on any atom is 0.349 e. The number of aromatic carboxylic acids is 1. The van der Waals surface area contributed by atoms with Crippen molar-refractivity contribution >= 4 is 40.2 Å². The quantitative estimate of drug-likeness (QED) is 0.856. The second-order valence-corrected chi connectivity index (χ2v) is 7.18. The Bertz CT molecular complexity index is 586. The second-order valence-electron chi connectivity index (χ2n) is 4.30. The molecule has 2 aromatic rings. The van der Waals surface area contributed by atoms with E-state index < -0.39 is 5.97 Å². The summed E-state index contributed by atoms with van der Waals surface area (Å²) in [6.07, 6.45) is 0. The van der Waals surface area contributed by atoms with Crippen LogP contribution in [0.2, 0.25) is 4.34 Å². The molecule has 0 spiro atoms. The molecule has 1 N–H and O–H groups in total. The smallest absolute Gasteiger partial charge is 0.349 e. The zero-order chi connectivity index (χ0) is 14.0. The zero-order valence-electron chi connectivity index (χ0n) is 10.5. The van der Waals surface area contributed by atoms with E-state index in [0.717, 1.165) is 9.75 Å². The lowest BCUT2D eigenvalue weighted by molar-refractivity contribution is 0.0697. The van der Waals surface area contributed by atoms with Gasteiger partial charge >= 0.3 is 5.97 Å². The van der Waals surface area contributed by atoms with Gasteiger partial charge in [0.05, 0.1) is 4.34 Å². The van der Waals surface area contributed by atoms with Gasteiger partial charge in [-0.15, -0.1) is 22.7 Å². The van der Waals surface area contributed by atoms with Crippen molar-refractivity contribution in [2.45, 2.75) is 26.4 Å². The molecule has 0 atom stereocenters. The van der Waals surface area contributed by atoms with Gasteiger partial charge in [-0.3, -0.25) is 0 Å². The van der Waals surface area contributed by atoms with Crippen molar-refractivity contribution in [1.29, 1.82) is 0 Å². The van der Waals surface area contributed by atoms with Crippen LogP contribution in [0.15, 0.2) is 18.2 Å². The Kier molecular flexibility index (Phi) is 4.50. The average molecular weight is 317 g/mol. The largest absolute Gasteiger partial charge is 0.486 e. The minimum Gasteiger partial charge on any atom is -0.486 e. The molecule has 102 valence electrons. The summed E-state index contributed by atoms with van der Waals surface area (Å²) in [5.74, 6) is -0.224. The summed E-state index contributed by atoms with van der Waals surface area (Å²) in [7, 11) is 0. The first kappa shape index (κ1) is 14.4. The molecule has 0 bridgehead atoms. The number of hydrogen-bond donors (Lipinski definition) is 1. The first-order valence-corrected chi connectivity index (χ1v) is 7.72. The molecule has 0 saturated heterocycles. The first-order chi connectivity index (χ1) is 8.97. The van der Waals surface area contributed by atoms with E-state index in [9.17, 15) is 9.90 Å². The number of carboxylic acids is 1. The molecular formula is C13H13ClO3S2. The molecule has 0 aliphatic rings. The predicted molar refractivity (Wildman–Crippen MR) is 79.0 cm³/mol. The van der Waals surface area contributed by atoms with Gasteiger partial charge in [0.2, 0.25) is 0 Å². The minimum atomic E-state index is -0.948. The fourth-order valence-electron chi connectivity index (χ4n) is 1.51. The Labute approximate surface area is 124 Å². The van der Waals surface area contributed by atoms with Crippen molar-refractivity contribution in [3.63, 3.8) is 0 Å². The molecule has 2 heterocycles. The number of thiophene rings is 2. The minimum absolute atomic E-state index is 0.256. The average Bonchev–Trinajstić information content (AvgIpc) is 2.92. The molecule has 2 aromatic heterocycles. The Balaban J connectivity index is 2.16. The molecule has 2 rings (SSSR count). The summed E-state index contributed by atoms with van der Waals surface area (Å²) in [4.78, 5) is 13.4. The van der Waals surface area contributed by atoms with Crippen molar-refractivity contribution in [2.24, 2.45) is 0 Å². The molecule has 0 aliphatic heterocycles. The molecule has 3 nitrogen and oxygen atoms in total. The van der Waals surface area contributed by atoms with Gasteiger partial charge in [-0.05, 0) is 24.1 Å². The van der Waals surface area contributed by atoms with Gasteiger partial charge in [0.1, 0.15) is 12.4 Å².